The minimum absolute atomic E-state index is 0.200. The Hall–Kier alpha value is -2.20. The van der Waals surface area contributed by atoms with Crippen molar-refractivity contribution in [3.63, 3.8) is 0 Å². The number of rotatable bonds is 5. The van der Waals surface area contributed by atoms with Crippen LogP contribution in [0, 0.1) is 0 Å². The fraction of sp³-hybridized carbons (Fsp3) is 0.188. The van der Waals surface area contributed by atoms with E-state index >= 15 is 0 Å². The molecule has 2 aromatic rings. The minimum Gasteiger partial charge on any atom is -0.493 e. The molecule has 1 amide bonds. The van der Waals surface area contributed by atoms with E-state index in [0.29, 0.717) is 28.6 Å². The molecule has 1 N–H and O–H groups in total. The van der Waals surface area contributed by atoms with Crippen molar-refractivity contribution in [1.29, 1.82) is 0 Å². The Balaban J connectivity index is 2.19. The summed E-state index contributed by atoms with van der Waals surface area (Å²) in [7, 11) is 3.11. The molecule has 0 aliphatic heterocycles. The van der Waals surface area contributed by atoms with Gasteiger partial charge in [-0.25, -0.2) is 0 Å². The van der Waals surface area contributed by atoms with E-state index in [2.05, 4.69) is 5.32 Å². The molecule has 110 valence electrons. The zero-order valence-corrected chi connectivity index (χ0v) is 12.6. The van der Waals surface area contributed by atoms with Gasteiger partial charge in [0, 0.05) is 23.2 Å². The second kappa shape index (κ2) is 6.99. The molecule has 2 rings (SSSR count). The van der Waals surface area contributed by atoms with Gasteiger partial charge in [0.05, 0.1) is 14.2 Å². The minimum atomic E-state index is -0.200. The van der Waals surface area contributed by atoms with Gasteiger partial charge >= 0.3 is 0 Å². The lowest BCUT2D eigenvalue weighted by Gasteiger charge is -2.11. The van der Waals surface area contributed by atoms with Crippen LogP contribution in [0.4, 0.5) is 5.69 Å². The van der Waals surface area contributed by atoms with Gasteiger partial charge in [0.2, 0.25) is 0 Å². The maximum absolute atomic E-state index is 12.2. The average Bonchev–Trinajstić information content (AvgIpc) is 2.54. The van der Waals surface area contributed by atoms with Gasteiger partial charge in [-0.15, -0.1) is 11.6 Å². The van der Waals surface area contributed by atoms with Crippen LogP contribution < -0.4 is 14.8 Å². The van der Waals surface area contributed by atoms with Crippen molar-refractivity contribution in [2.75, 3.05) is 19.5 Å². The maximum Gasteiger partial charge on any atom is 0.255 e. The van der Waals surface area contributed by atoms with Crippen molar-refractivity contribution < 1.29 is 14.3 Å². The van der Waals surface area contributed by atoms with E-state index in [0.717, 1.165) is 5.56 Å². The van der Waals surface area contributed by atoms with Gasteiger partial charge in [-0.3, -0.25) is 4.79 Å². The summed E-state index contributed by atoms with van der Waals surface area (Å²) in [6.45, 7) is 0. The Morgan fingerprint density at radius 2 is 1.86 bits per heavy atom. The first-order valence-corrected chi connectivity index (χ1v) is 6.89. The highest BCUT2D eigenvalue weighted by molar-refractivity contribution is 6.17. The van der Waals surface area contributed by atoms with Crippen molar-refractivity contribution in [2.24, 2.45) is 0 Å². The van der Waals surface area contributed by atoms with Crippen LogP contribution in [0.25, 0.3) is 0 Å². The highest BCUT2D eigenvalue weighted by Gasteiger charge is 2.09. The summed E-state index contributed by atoms with van der Waals surface area (Å²) in [6, 6.07) is 12.4. The van der Waals surface area contributed by atoms with E-state index in [9.17, 15) is 4.79 Å². The van der Waals surface area contributed by atoms with Gasteiger partial charge in [0.1, 0.15) is 0 Å². The highest BCUT2D eigenvalue weighted by Crippen LogP contribution is 2.29. The van der Waals surface area contributed by atoms with E-state index in [1.54, 1.807) is 50.6 Å². The summed E-state index contributed by atoms with van der Waals surface area (Å²) in [5.41, 5.74) is 2.09. The van der Waals surface area contributed by atoms with Gasteiger partial charge in [-0.2, -0.15) is 0 Å². The average molecular weight is 306 g/mol. The van der Waals surface area contributed by atoms with Crippen molar-refractivity contribution in [1.82, 2.24) is 0 Å². The molecular formula is C16H16ClNO3. The number of ether oxygens (including phenoxy) is 2. The molecule has 4 nitrogen and oxygen atoms in total. The zero-order valence-electron chi connectivity index (χ0n) is 11.9. The number of benzene rings is 2. The van der Waals surface area contributed by atoms with Crippen LogP contribution in [0.1, 0.15) is 15.9 Å². The number of carbonyl (C=O) groups is 1. The number of anilines is 1. The van der Waals surface area contributed by atoms with Crippen LogP contribution in [0.5, 0.6) is 11.5 Å². The van der Waals surface area contributed by atoms with Gasteiger partial charge in [0.15, 0.2) is 11.5 Å². The number of amides is 1. The second-order valence-electron chi connectivity index (χ2n) is 4.36. The molecule has 0 unspecified atom stereocenters. The molecule has 5 heteroatoms. The Morgan fingerprint density at radius 3 is 2.52 bits per heavy atom. The fourth-order valence-electron chi connectivity index (χ4n) is 1.91. The topological polar surface area (TPSA) is 47.6 Å². The molecule has 21 heavy (non-hydrogen) atoms. The molecule has 0 fully saturated rings. The first kappa shape index (κ1) is 15.2. The Morgan fingerprint density at radius 1 is 1.10 bits per heavy atom. The van der Waals surface area contributed by atoms with Crippen LogP contribution in [-0.2, 0) is 5.88 Å². The van der Waals surface area contributed by atoms with E-state index in [1.807, 2.05) is 6.07 Å². The summed E-state index contributed by atoms with van der Waals surface area (Å²) in [4.78, 5) is 12.2. The number of carbonyl (C=O) groups excluding carboxylic acids is 1. The molecule has 0 radical (unpaired) electrons. The molecule has 0 aliphatic carbocycles. The summed E-state index contributed by atoms with van der Waals surface area (Å²) < 4.78 is 10.4. The van der Waals surface area contributed by atoms with Crippen LogP contribution in [0.3, 0.4) is 0 Å². The normalized spacial score (nSPS) is 10.0. The lowest BCUT2D eigenvalue weighted by molar-refractivity contribution is 0.102. The van der Waals surface area contributed by atoms with Crippen molar-refractivity contribution >= 4 is 23.2 Å². The quantitative estimate of drug-likeness (QED) is 0.857. The highest BCUT2D eigenvalue weighted by atomic mass is 35.5. The van der Waals surface area contributed by atoms with E-state index in [-0.39, 0.29) is 5.91 Å². The van der Waals surface area contributed by atoms with Gasteiger partial charge in [-0.05, 0) is 29.8 Å². The SMILES string of the molecule is COc1ccc(NC(=O)c2cccc(CCl)c2)cc1OC. The summed E-state index contributed by atoms with van der Waals surface area (Å²) in [6.07, 6.45) is 0. The first-order valence-electron chi connectivity index (χ1n) is 6.36. The largest absolute Gasteiger partial charge is 0.493 e. The van der Waals surface area contributed by atoms with E-state index in [4.69, 9.17) is 21.1 Å². The molecule has 2 aromatic carbocycles. The summed E-state index contributed by atoms with van der Waals surface area (Å²) in [5.74, 6) is 1.34. The van der Waals surface area contributed by atoms with Crippen LogP contribution in [0.2, 0.25) is 0 Å². The van der Waals surface area contributed by atoms with Crippen LogP contribution in [0.15, 0.2) is 42.5 Å². The molecule has 0 heterocycles. The van der Waals surface area contributed by atoms with Crippen molar-refractivity contribution in [3.8, 4) is 11.5 Å². The van der Waals surface area contributed by atoms with Gasteiger partial charge < -0.3 is 14.8 Å². The number of alkyl halides is 1. The molecule has 0 aromatic heterocycles. The number of nitrogens with one attached hydrogen (secondary N) is 1. The van der Waals surface area contributed by atoms with Crippen LogP contribution in [-0.4, -0.2) is 20.1 Å². The van der Waals surface area contributed by atoms with Crippen molar-refractivity contribution in [3.05, 3.63) is 53.6 Å². The molecule has 0 aliphatic rings. The lowest BCUT2D eigenvalue weighted by atomic mass is 10.1. The molecule has 0 bridgehead atoms. The summed E-state index contributed by atoms with van der Waals surface area (Å²) >= 11 is 5.77. The van der Waals surface area contributed by atoms with Gasteiger partial charge in [0.25, 0.3) is 5.91 Å². The second-order valence-corrected chi connectivity index (χ2v) is 4.63. The van der Waals surface area contributed by atoms with E-state index in [1.165, 1.54) is 0 Å². The molecule has 0 saturated carbocycles. The number of hydrogen-bond acceptors (Lipinski definition) is 3. The fourth-order valence-corrected chi connectivity index (χ4v) is 2.08. The summed E-state index contributed by atoms with van der Waals surface area (Å²) in [5, 5.41) is 2.82. The Bertz CT molecular complexity index is 643. The predicted molar refractivity (Wildman–Crippen MR) is 83.5 cm³/mol. The smallest absolute Gasteiger partial charge is 0.255 e. The maximum atomic E-state index is 12.2. The van der Waals surface area contributed by atoms with Crippen molar-refractivity contribution in [2.45, 2.75) is 5.88 Å². The standard InChI is InChI=1S/C16H16ClNO3/c1-20-14-7-6-13(9-15(14)21-2)18-16(19)12-5-3-4-11(8-12)10-17/h3-9H,10H2,1-2H3,(H,18,19). The van der Waals surface area contributed by atoms with E-state index < -0.39 is 0 Å². The Labute approximate surface area is 128 Å². The lowest BCUT2D eigenvalue weighted by Crippen LogP contribution is -2.12. The zero-order chi connectivity index (χ0) is 15.2. The number of hydrogen-bond donors (Lipinski definition) is 1. The molecule has 0 spiro atoms. The predicted octanol–water partition coefficient (Wildman–Crippen LogP) is 3.69. The Kier molecular flexibility index (Phi) is 5.06. The third-order valence-electron chi connectivity index (χ3n) is 2.98. The molecule has 0 saturated heterocycles. The van der Waals surface area contributed by atoms with Crippen LogP contribution >= 0.6 is 11.6 Å². The molecule has 0 atom stereocenters. The first-order chi connectivity index (χ1) is 10.2. The van der Waals surface area contributed by atoms with Gasteiger partial charge in [-0.1, -0.05) is 12.1 Å². The third kappa shape index (κ3) is 3.67. The number of methoxy groups -OCH3 is 2. The molecular weight excluding hydrogens is 290 g/mol. The third-order valence-corrected chi connectivity index (χ3v) is 3.29. The monoisotopic (exact) mass is 305 g/mol. The number of halogens is 1.